The number of oxime groups is 1. The maximum Gasteiger partial charge on any atom is 0.327 e. The molecule has 4 rings (SSSR count). The van der Waals surface area contributed by atoms with Gasteiger partial charge in [0.1, 0.15) is 16.9 Å². The van der Waals surface area contributed by atoms with E-state index in [2.05, 4.69) is 5.16 Å². The molecule has 35 heavy (non-hydrogen) atoms. The molecule has 0 spiro atoms. The third-order valence-electron chi connectivity index (χ3n) is 7.71. The molecule has 1 fully saturated rings. The van der Waals surface area contributed by atoms with Crippen molar-refractivity contribution in [3.8, 4) is 0 Å². The van der Waals surface area contributed by atoms with Gasteiger partial charge in [0, 0.05) is 42.4 Å². The number of carbonyl (C=O) groups excluding carboxylic acids is 2. The minimum absolute atomic E-state index is 0.147. The zero-order chi connectivity index (χ0) is 25.3. The Bertz CT molecular complexity index is 1180. The minimum atomic E-state index is -1.17. The zero-order valence-corrected chi connectivity index (χ0v) is 20.5. The Morgan fingerprint density at radius 2 is 1.89 bits per heavy atom. The number of fused-ring (bicyclic) bond motifs is 3. The van der Waals surface area contributed by atoms with E-state index < -0.39 is 23.5 Å². The summed E-state index contributed by atoms with van der Waals surface area (Å²) in [5.41, 5.74) is 1.65. The standard InChI is InChI=1S/C26H33N3O6/c1-4-26(5-2)24(32)28(25(33)29(26)6-3)15-17(23(30)31)13-20(27-34)16-11-12-19-18-9-7-8-10-21(18)35-22(19)14-16/h11-12,14,17,34H,4-10,13,15H2,1-3H3,(H,30,31)/t17-/m0/s1. The monoisotopic (exact) mass is 483 g/mol. The second kappa shape index (κ2) is 9.71. The van der Waals surface area contributed by atoms with Crippen LogP contribution in [0.25, 0.3) is 11.0 Å². The Labute approximate surface area is 204 Å². The number of urea groups is 1. The number of likely N-dealkylation sites (N-methyl/N-ethyl adjacent to an activating group) is 1. The topological polar surface area (TPSA) is 124 Å². The number of aryl methyl sites for hydroxylation is 2. The lowest BCUT2D eigenvalue weighted by Crippen LogP contribution is -2.48. The minimum Gasteiger partial charge on any atom is -0.481 e. The summed E-state index contributed by atoms with van der Waals surface area (Å²) in [7, 11) is 0. The Kier molecular flexibility index (Phi) is 6.87. The number of hydrogen-bond donors (Lipinski definition) is 2. The van der Waals surface area contributed by atoms with E-state index in [0.29, 0.717) is 30.5 Å². The van der Waals surface area contributed by atoms with E-state index in [9.17, 15) is 24.7 Å². The van der Waals surface area contributed by atoms with Crippen LogP contribution < -0.4 is 0 Å². The molecular weight excluding hydrogens is 450 g/mol. The van der Waals surface area contributed by atoms with Crippen molar-refractivity contribution in [3.05, 3.63) is 35.1 Å². The van der Waals surface area contributed by atoms with Gasteiger partial charge < -0.3 is 19.6 Å². The van der Waals surface area contributed by atoms with Gasteiger partial charge in [-0.05, 0) is 45.1 Å². The van der Waals surface area contributed by atoms with Crippen LogP contribution in [-0.2, 0) is 22.4 Å². The van der Waals surface area contributed by atoms with Gasteiger partial charge in [-0.25, -0.2) is 4.79 Å². The number of rotatable bonds is 9. The molecule has 9 heteroatoms. The van der Waals surface area contributed by atoms with Gasteiger partial charge in [0.05, 0.1) is 11.6 Å². The lowest BCUT2D eigenvalue weighted by atomic mass is 9.90. The van der Waals surface area contributed by atoms with E-state index in [1.165, 1.54) is 10.5 Å². The molecule has 1 atom stereocenters. The molecular formula is C26H33N3O6. The van der Waals surface area contributed by atoms with Crippen LogP contribution in [0.15, 0.2) is 27.8 Å². The predicted molar refractivity (Wildman–Crippen MR) is 130 cm³/mol. The van der Waals surface area contributed by atoms with E-state index in [1.54, 1.807) is 12.1 Å². The fraction of sp³-hybridized carbons (Fsp3) is 0.538. The fourth-order valence-electron chi connectivity index (χ4n) is 5.66. The van der Waals surface area contributed by atoms with Crippen LogP contribution in [0.1, 0.15) is 69.8 Å². The summed E-state index contributed by atoms with van der Waals surface area (Å²) in [4.78, 5) is 41.1. The number of imide groups is 1. The van der Waals surface area contributed by atoms with Gasteiger partial charge in [0.2, 0.25) is 0 Å². The molecule has 0 saturated carbocycles. The number of amides is 3. The van der Waals surface area contributed by atoms with Crippen molar-refractivity contribution in [2.24, 2.45) is 11.1 Å². The lowest BCUT2D eigenvalue weighted by molar-refractivity contribution is -0.142. The zero-order valence-electron chi connectivity index (χ0n) is 20.5. The second-order valence-electron chi connectivity index (χ2n) is 9.39. The molecule has 2 N–H and O–H groups in total. The van der Waals surface area contributed by atoms with Crippen molar-refractivity contribution < 1.29 is 29.1 Å². The third kappa shape index (κ3) is 4.06. The highest BCUT2D eigenvalue weighted by molar-refractivity contribution is 6.08. The molecule has 1 aliphatic carbocycles. The van der Waals surface area contributed by atoms with E-state index in [1.807, 2.05) is 26.8 Å². The molecule has 3 amide bonds. The Morgan fingerprint density at radius 1 is 1.17 bits per heavy atom. The van der Waals surface area contributed by atoms with Crippen LogP contribution in [0.2, 0.25) is 0 Å². The van der Waals surface area contributed by atoms with Crippen LogP contribution in [0, 0.1) is 5.92 Å². The number of carboxylic acid groups (broad SMARTS) is 1. The molecule has 1 aliphatic heterocycles. The van der Waals surface area contributed by atoms with E-state index in [-0.39, 0.29) is 24.6 Å². The van der Waals surface area contributed by atoms with Crippen LogP contribution >= 0.6 is 0 Å². The van der Waals surface area contributed by atoms with Gasteiger partial charge in [-0.2, -0.15) is 0 Å². The molecule has 0 radical (unpaired) electrons. The first-order valence-electron chi connectivity index (χ1n) is 12.4. The van der Waals surface area contributed by atoms with Crippen molar-refractivity contribution in [2.45, 2.75) is 71.3 Å². The van der Waals surface area contributed by atoms with E-state index in [0.717, 1.165) is 41.7 Å². The Balaban J connectivity index is 1.59. The van der Waals surface area contributed by atoms with E-state index >= 15 is 0 Å². The van der Waals surface area contributed by atoms with E-state index in [4.69, 9.17) is 4.42 Å². The average Bonchev–Trinajstić information content (AvgIpc) is 3.33. The Hall–Kier alpha value is -3.36. The quantitative estimate of drug-likeness (QED) is 0.235. The van der Waals surface area contributed by atoms with Gasteiger partial charge in [0.25, 0.3) is 5.91 Å². The summed E-state index contributed by atoms with van der Waals surface area (Å²) in [5.74, 6) is -1.69. The fourth-order valence-corrected chi connectivity index (χ4v) is 5.66. The molecule has 2 heterocycles. The van der Waals surface area contributed by atoms with Crippen molar-refractivity contribution >= 4 is 34.6 Å². The van der Waals surface area contributed by atoms with Crippen LogP contribution in [0.3, 0.4) is 0 Å². The first-order valence-corrected chi connectivity index (χ1v) is 12.4. The number of aliphatic carboxylic acids is 1. The predicted octanol–water partition coefficient (Wildman–Crippen LogP) is 4.42. The largest absolute Gasteiger partial charge is 0.481 e. The highest BCUT2D eigenvalue weighted by Gasteiger charge is 2.54. The van der Waals surface area contributed by atoms with Crippen molar-refractivity contribution in [1.29, 1.82) is 0 Å². The summed E-state index contributed by atoms with van der Waals surface area (Å²) in [6, 6.07) is 5.01. The van der Waals surface area contributed by atoms with Gasteiger partial charge in [-0.3, -0.25) is 14.5 Å². The highest BCUT2D eigenvalue weighted by Crippen LogP contribution is 2.35. The number of hydrogen-bond acceptors (Lipinski definition) is 6. The number of nitrogens with zero attached hydrogens (tertiary/aromatic N) is 3. The van der Waals surface area contributed by atoms with Crippen molar-refractivity contribution in [1.82, 2.24) is 9.80 Å². The first kappa shape index (κ1) is 24.8. The van der Waals surface area contributed by atoms with Crippen molar-refractivity contribution in [3.63, 3.8) is 0 Å². The van der Waals surface area contributed by atoms with Crippen molar-refractivity contribution in [2.75, 3.05) is 13.1 Å². The van der Waals surface area contributed by atoms with Crippen LogP contribution in [-0.4, -0.2) is 62.4 Å². The SMILES string of the molecule is CCN1C(=O)N(C[C@H](CC(=NO)c2ccc3c4c(oc3c2)CCCC4)C(=O)O)C(=O)C1(CC)CC. The molecule has 2 aliphatic rings. The second-order valence-corrected chi connectivity index (χ2v) is 9.39. The smallest absolute Gasteiger partial charge is 0.327 e. The number of carbonyl (C=O) groups is 3. The van der Waals surface area contributed by atoms with Gasteiger partial charge in [-0.15, -0.1) is 0 Å². The molecule has 1 aromatic carbocycles. The Morgan fingerprint density at radius 3 is 2.49 bits per heavy atom. The summed E-state index contributed by atoms with van der Waals surface area (Å²) >= 11 is 0. The van der Waals surface area contributed by atoms with Gasteiger partial charge >= 0.3 is 12.0 Å². The number of carboxylic acids is 1. The maximum atomic E-state index is 13.3. The summed E-state index contributed by atoms with van der Waals surface area (Å²) < 4.78 is 6.03. The van der Waals surface area contributed by atoms with Crippen LogP contribution in [0.4, 0.5) is 4.79 Å². The van der Waals surface area contributed by atoms with Crippen LogP contribution in [0.5, 0.6) is 0 Å². The number of furan rings is 1. The molecule has 1 saturated heterocycles. The van der Waals surface area contributed by atoms with Gasteiger partial charge in [0.15, 0.2) is 0 Å². The average molecular weight is 484 g/mol. The molecule has 1 aromatic heterocycles. The van der Waals surface area contributed by atoms with Gasteiger partial charge in [-0.1, -0.05) is 31.1 Å². The highest BCUT2D eigenvalue weighted by atomic mass is 16.4. The summed E-state index contributed by atoms with van der Waals surface area (Å²) in [5, 5.41) is 24.1. The third-order valence-corrected chi connectivity index (χ3v) is 7.71. The molecule has 0 unspecified atom stereocenters. The molecule has 0 bridgehead atoms. The normalized spacial score (nSPS) is 18.9. The molecule has 9 nitrogen and oxygen atoms in total. The summed E-state index contributed by atoms with van der Waals surface area (Å²) in [6.07, 6.45) is 4.82. The maximum absolute atomic E-state index is 13.3. The molecule has 2 aromatic rings. The first-order chi connectivity index (χ1) is 16.8. The molecule has 188 valence electrons. The number of benzene rings is 1. The lowest BCUT2D eigenvalue weighted by Gasteiger charge is -2.32. The summed E-state index contributed by atoms with van der Waals surface area (Å²) in [6.45, 7) is 5.59.